The number of ether oxygens (including phenoxy) is 1. The van der Waals surface area contributed by atoms with Crippen molar-refractivity contribution >= 4 is 41.3 Å². The van der Waals surface area contributed by atoms with Crippen molar-refractivity contribution in [2.75, 3.05) is 11.9 Å². The molecule has 1 aromatic rings. The Labute approximate surface area is 189 Å². The lowest BCUT2D eigenvalue weighted by atomic mass is 9.92. The normalized spacial score (nSPS) is 20.7. The molecule has 156 valence electrons. The molecule has 0 radical (unpaired) electrons. The molecule has 1 amide bonds. The minimum absolute atomic E-state index is 0. The summed E-state index contributed by atoms with van der Waals surface area (Å²) in [7, 11) is 1.93. The quantitative estimate of drug-likeness (QED) is 0.357. The highest BCUT2D eigenvalue weighted by Gasteiger charge is 2.39. The van der Waals surface area contributed by atoms with Crippen LogP contribution in [0.2, 0.25) is 0 Å². The molecule has 0 spiro atoms. The van der Waals surface area contributed by atoms with Crippen molar-refractivity contribution in [1.82, 2.24) is 16.0 Å². The number of nitrogens with one attached hydrogen (secondary N) is 2. The molecule has 6 nitrogen and oxygen atoms in total. The number of carbonyl (C=O) groups excluding carboxylic acids is 1. The highest BCUT2D eigenvalue weighted by Crippen LogP contribution is 2.44. The van der Waals surface area contributed by atoms with Crippen molar-refractivity contribution in [2.45, 2.75) is 45.6 Å². The number of hydrogen-bond acceptors (Lipinski definition) is 5. The summed E-state index contributed by atoms with van der Waals surface area (Å²) in [5.74, 6) is 1.79. The first-order valence-electron chi connectivity index (χ1n) is 9.94. The van der Waals surface area contributed by atoms with E-state index in [9.17, 15) is 4.79 Å². The third-order valence-corrected chi connectivity index (χ3v) is 5.48. The van der Waals surface area contributed by atoms with Crippen LogP contribution >= 0.6 is 24.0 Å². The Morgan fingerprint density at radius 2 is 2.07 bits per heavy atom. The topological polar surface area (TPSA) is 56.8 Å². The molecule has 0 bridgehead atoms. The number of nitrogens with zero attached hydrogens (tertiary/aromatic N) is 2. The molecule has 4 rings (SSSR count). The van der Waals surface area contributed by atoms with Gasteiger partial charge in [-0.15, -0.1) is 29.5 Å². The number of anilines is 1. The molecule has 0 unspecified atom stereocenters. The number of allylic oxidation sites excluding steroid dienone is 2. The fraction of sp³-hybridized carbons (Fsp3) is 0.409. The van der Waals surface area contributed by atoms with E-state index in [2.05, 4.69) is 30.5 Å². The van der Waals surface area contributed by atoms with Gasteiger partial charge in [0.15, 0.2) is 0 Å². The van der Waals surface area contributed by atoms with Gasteiger partial charge in [-0.25, -0.2) is 0 Å². The molecular weight excluding hydrogens is 479 g/mol. The Morgan fingerprint density at radius 3 is 2.69 bits per heavy atom. The SMILES string of the molecule is C=C(/C=C\C)Oc1c(C2=CN(C)NN2)ccc2c1CC[C@H](C)N2C(=O)C1CC1.I. The summed E-state index contributed by atoms with van der Waals surface area (Å²) >= 11 is 0. The third kappa shape index (κ3) is 4.30. The van der Waals surface area contributed by atoms with Crippen LogP contribution in [0.25, 0.3) is 5.70 Å². The van der Waals surface area contributed by atoms with E-state index in [1.807, 2.05) is 48.3 Å². The molecular formula is C22H29IN4O2. The fourth-order valence-corrected chi connectivity index (χ4v) is 3.89. The molecule has 1 atom stereocenters. The monoisotopic (exact) mass is 508 g/mol. The van der Waals surface area contributed by atoms with Gasteiger partial charge in [-0.2, -0.15) is 0 Å². The van der Waals surface area contributed by atoms with Crippen LogP contribution in [0.3, 0.4) is 0 Å². The summed E-state index contributed by atoms with van der Waals surface area (Å²) in [5, 5.41) is 1.85. The van der Waals surface area contributed by atoms with Crippen LogP contribution < -0.4 is 20.6 Å². The number of fused-ring (bicyclic) bond motifs is 1. The van der Waals surface area contributed by atoms with Crippen molar-refractivity contribution in [1.29, 1.82) is 0 Å². The van der Waals surface area contributed by atoms with Crippen LogP contribution in [0.4, 0.5) is 5.69 Å². The molecule has 1 fully saturated rings. The van der Waals surface area contributed by atoms with Crippen LogP contribution in [0.1, 0.15) is 44.2 Å². The second kappa shape index (κ2) is 8.79. The van der Waals surface area contributed by atoms with E-state index in [-0.39, 0.29) is 41.8 Å². The Morgan fingerprint density at radius 1 is 1.31 bits per heavy atom. The maximum atomic E-state index is 13.0. The van der Waals surface area contributed by atoms with Crippen LogP contribution in [-0.4, -0.2) is 24.0 Å². The van der Waals surface area contributed by atoms with Crippen molar-refractivity contribution < 1.29 is 9.53 Å². The van der Waals surface area contributed by atoms with Gasteiger partial charge in [0.1, 0.15) is 11.5 Å². The molecule has 0 saturated heterocycles. The minimum atomic E-state index is 0. The Kier molecular flexibility index (Phi) is 6.58. The maximum Gasteiger partial charge on any atom is 0.230 e. The zero-order chi connectivity index (χ0) is 19.8. The Bertz CT molecular complexity index is 876. The van der Waals surface area contributed by atoms with Gasteiger partial charge in [-0.05, 0) is 57.7 Å². The van der Waals surface area contributed by atoms with Crippen LogP contribution in [-0.2, 0) is 11.2 Å². The maximum absolute atomic E-state index is 13.0. The fourth-order valence-electron chi connectivity index (χ4n) is 3.89. The summed E-state index contributed by atoms with van der Waals surface area (Å²) < 4.78 is 6.23. The molecule has 2 N–H and O–H groups in total. The second-order valence-corrected chi connectivity index (χ2v) is 7.77. The number of hydrazine groups is 2. The lowest BCUT2D eigenvalue weighted by molar-refractivity contribution is -0.120. The van der Waals surface area contributed by atoms with Gasteiger partial charge in [-0.1, -0.05) is 12.7 Å². The predicted octanol–water partition coefficient (Wildman–Crippen LogP) is 4.10. The van der Waals surface area contributed by atoms with Crippen molar-refractivity contribution in [2.24, 2.45) is 5.92 Å². The molecule has 7 heteroatoms. The van der Waals surface area contributed by atoms with E-state index >= 15 is 0 Å². The number of hydrogen-bond donors (Lipinski definition) is 2. The Balaban J connectivity index is 0.00000240. The number of benzene rings is 1. The van der Waals surface area contributed by atoms with Crippen molar-refractivity contribution in [3.8, 4) is 5.75 Å². The number of amides is 1. The first kappa shape index (κ1) is 21.7. The zero-order valence-corrected chi connectivity index (χ0v) is 19.5. The molecule has 1 aromatic carbocycles. The highest BCUT2D eigenvalue weighted by molar-refractivity contribution is 14.0. The summed E-state index contributed by atoms with van der Waals surface area (Å²) in [6, 6.07) is 4.30. The van der Waals surface area contributed by atoms with Crippen molar-refractivity contribution in [3.05, 3.63) is 53.9 Å². The molecule has 1 saturated carbocycles. The second-order valence-electron chi connectivity index (χ2n) is 7.77. The van der Waals surface area contributed by atoms with Gasteiger partial charge < -0.3 is 15.1 Å². The third-order valence-electron chi connectivity index (χ3n) is 5.48. The van der Waals surface area contributed by atoms with Gasteiger partial charge in [0.25, 0.3) is 0 Å². The number of carbonyl (C=O) groups is 1. The van der Waals surface area contributed by atoms with E-state index in [0.717, 1.165) is 53.9 Å². The Hall–Kier alpha value is -2.00. The van der Waals surface area contributed by atoms with Gasteiger partial charge >= 0.3 is 0 Å². The van der Waals surface area contributed by atoms with E-state index in [1.54, 1.807) is 0 Å². The molecule has 2 aliphatic heterocycles. The minimum Gasteiger partial charge on any atom is -0.457 e. The average Bonchev–Trinajstić information content (AvgIpc) is 3.43. The molecule has 3 aliphatic rings. The highest BCUT2D eigenvalue weighted by atomic mass is 127. The van der Waals surface area contributed by atoms with Crippen molar-refractivity contribution in [3.63, 3.8) is 0 Å². The predicted molar refractivity (Wildman–Crippen MR) is 126 cm³/mol. The van der Waals surface area contributed by atoms with E-state index in [4.69, 9.17) is 4.74 Å². The smallest absolute Gasteiger partial charge is 0.230 e. The lowest BCUT2D eigenvalue weighted by Crippen LogP contribution is -2.43. The van der Waals surface area contributed by atoms with Gasteiger partial charge in [0.05, 0.1) is 11.4 Å². The first-order chi connectivity index (χ1) is 13.5. The average molecular weight is 508 g/mol. The first-order valence-corrected chi connectivity index (χ1v) is 9.94. The van der Waals surface area contributed by atoms with Gasteiger partial charge in [0, 0.05) is 36.3 Å². The van der Waals surface area contributed by atoms with Gasteiger partial charge in [-0.3, -0.25) is 9.80 Å². The molecule has 2 heterocycles. The molecule has 29 heavy (non-hydrogen) atoms. The largest absolute Gasteiger partial charge is 0.457 e. The molecule has 1 aliphatic carbocycles. The molecule has 0 aromatic heterocycles. The number of rotatable bonds is 5. The summed E-state index contributed by atoms with van der Waals surface area (Å²) in [5.41, 5.74) is 10.1. The lowest BCUT2D eigenvalue weighted by Gasteiger charge is -2.36. The summed E-state index contributed by atoms with van der Waals surface area (Å²) in [6.07, 6.45) is 9.54. The van der Waals surface area contributed by atoms with Crippen LogP contribution in [0, 0.1) is 5.92 Å². The summed E-state index contributed by atoms with van der Waals surface area (Å²) in [4.78, 5) is 15.0. The van der Waals surface area contributed by atoms with E-state index in [1.165, 1.54) is 0 Å². The van der Waals surface area contributed by atoms with Crippen LogP contribution in [0.15, 0.2) is 42.8 Å². The van der Waals surface area contributed by atoms with Gasteiger partial charge in [0.2, 0.25) is 5.91 Å². The standard InChI is InChI=1S/C22H28N4O2.HI/c1-5-6-15(3)28-21-17(19-13-25(4)24-23-19)11-12-20-18(21)10-7-14(2)26(20)22(27)16-8-9-16;/h5-6,11-14,16,23-24H,3,7-10H2,1-2,4H3;1H/b6-5-;/t14-;/m0./s1. The summed E-state index contributed by atoms with van der Waals surface area (Å²) in [6.45, 7) is 8.10. The van der Waals surface area contributed by atoms with E-state index < -0.39 is 0 Å². The van der Waals surface area contributed by atoms with Crippen LogP contribution in [0.5, 0.6) is 5.75 Å². The van der Waals surface area contributed by atoms with E-state index in [0.29, 0.717) is 5.76 Å². The zero-order valence-electron chi connectivity index (χ0n) is 17.2. The number of halogens is 1.